The summed E-state index contributed by atoms with van der Waals surface area (Å²) in [5.74, 6) is 0.362. The minimum atomic E-state index is -0.339. The monoisotopic (exact) mass is 162 g/mol. The molecule has 0 amide bonds. The Balaban J connectivity index is 2.99. The summed E-state index contributed by atoms with van der Waals surface area (Å²) in [4.78, 5) is 18.6. The molecule has 0 aliphatic heterocycles. The highest BCUT2D eigenvalue weighted by Crippen LogP contribution is 2.05. The predicted octanol–water partition coefficient (Wildman–Crippen LogP) is 0.891. The van der Waals surface area contributed by atoms with Crippen molar-refractivity contribution in [3.63, 3.8) is 0 Å². The summed E-state index contributed by atoms with van der Waals surface area (Å²) in [5.41, 5.74) is 0.424. The minimum Gasteiger partial charge on any atom is -0.441 e. The molecule has 2 aromatic rings. The lowest BCUT2D eigenvalue weighted by molar-refractivity contribution is 0.533. The topological polar surface area (TPSA) is 56.0 Å². The van der Waals surface area contributed by atoms with Crippen LogP contribution in [0.3, 0.4) is 0 Å². The minimum absolute atomic E-state index is 0.281. The summed E-state index contributed by atoms with van der Waals surface area (Å²) in [6, 6.07) is 3.41. The van der Waals surface area contributed by atoms with Crippen molar-refractivity contribution in [2.45, 2.75) is 6.92 Å². The van der Waals surface area contributed by atoms with Gasteiger partial charge < -0.3 is 4.42 Å². The standard InChI is InChI=1S/C8H6N2O2/c1-5-10-8(11)7-6(12-5)3-2-4-9-7/h2-4H,1H3. The van der Waals surface area contributed by atoms with Crippen LogP contribution in [0, 0.1) is 6.92 Å². The lowest BCUT2D eigenvalue weighted by Gasteiger charge is -1.94. The van der Waals surface area contributed by atoms with E-state index >= 15 is 0 Å². The van der Waals surface area contributed by atoms with Gasteiger partial charge in [0, 0.05) is 13.1 Å². The lowest BCUT2D eigenvalue weighted by atomic mass is 10.4. The molecule has 4 heteroatoms. The van der Waals surface area contributed by atoms with Gasteiger partial charge in [-0.3, -0.25) is 4.79 Å². The summed E-state index contributed by atoms with van der Waals surface area (Å²) in [5, 5.41) is 0. The van der Waals surface area contributed by atoms with Crippen molar-refractivity contribution < 1.29 is 4.42 Å². The molecule has 0 N–H and O–H groups in total. The molecule has 0 aliphatic rings. The number of rotatable bonds is 0. The van der Waals surface area contributed by atoms with Crippen LogP contribution >= 0.6 is 0 Å². The number of nitrogens with zero attached hydrogens (tertiary/aromatic N) is 2. The third-order valence-electron chi connectivity index (χ3n) is 1.49. The van der Waals surface area contributed by atoms with Gasteiger partial charge in [-0.15, -0.1) is 0 Å². The molecular formula is C8H6N2O2. The predicted molar refractivity (Wildman–Crippen MR) is 42.8 cm³/mol. The third kappa shape index (κ3) is 0.972. The highest BCUT2D eigenvalue weighted by molar-refractivity contribution is 5.69. The maximum absolute atomic E-state index is 11.2. The highest BCUT2D eigenvalue weighted by Gasteiger charge is 2.02. The van der Waals surface area contributed by atoms with Gasteiger partial charge in [-0.2, -0.15) is 4.98 Å². The first-order valence-electron chi connectivity index (χ1n) is 3.50. The molecule has 0 saturated carbocycles. The summed E-state index contributed by atoms with van der Waals surface area (Å²) in [7, 11) is 0. The van der Waals surface area contributed by atoms with E-state index < -0.39 is 0 Å². The Morgan fingerprint density at radius 3 is 3.17 bits per heavy atom. The van der Waals surface area contributed by atoms with Gasteiger partial charge in [0.2, 0.25) is 0 Å². The first-order valence-corrected chi connectivity index (χ1v) is 3.50. The molecular weight excluding hydrogens is 156 g/mol. The van der Waals surface area contributed by atoms with Crippen molar-refractivity contribution in [3.8, 4) is 0 Å². The molecule has 60 valence electrons. The maximum atomic E-state index is 11.2. The highest BCUT2D eigenvalue weighted by atomic mass is 16.3. The molecule has 0 saturated heterocycles. The lowest BCUT2D eigenvalue weighted by Crippen LogP contribution is -2.08. The molecule has 2 aromatic heterocycles. The van der Waals surface area contributed by atoms with Crippen LogP contribution in [0.25, 0.3) is 11.1 Å². The summed E-state index contributed by atoms with van der Waals surface area (Å²) in [6.45, 7) is 1.63. The van der Waals surface area contributed by atoms with Crippen LogP contribution < -0.4 is 5.56 Å². The van der Waals surface area contributed by atoms with Crippen LogP contribution in [0.5, 0.6) is 0 Å². The molecule has 2 heterocycles. The molecule has 0 aliphatic carbocycles. The van der Waals surface area contributed by atoms with Crippen molar-refractivity contribution in [1.29, 1.82) is 0 Å². The average molecular weight is 162 g/mol. The Morgan fingerprint density at radius 1 is 1.50 bits per heavy atom. The number of aryl methyl sites for hydroxylation is 1. The fourth-order valence-corrected chi connectivity index (χ4v) is 1.01. The smallest absolute Gasteiger partial charge is 0.302 e. The molecule has 0 fully saturated rings. The Kier molecular flexibility index (Phi) is 1.40. The number of fused-ring (bicyclic) bond motifs is 1. The average Bonchev–Trinajstić information content (AvgIpc) is 2.04. The fourth-order valence-electron chi connectivity index (χ4n) is 1.01. The Labute approximate surface area is 67.9 Å². The molecule has 0 unspecified atom stereocenters. The van der Waals surface area contributed by atoms with E-state index in [4.69, 9.17) is 4.42 Å². The van der Waals surface area contributed by atoms with Crippen LogP contribution in [0.15, 0.2) is 27.5 Å². The molecule has 0 atom stereocenters. The second kappa shape index (κ2) is 2.41. The van der Waals surface area contributed by atoms with Gasteiger partial charge >= 0.3 is 5.56 Å². The molecule has 0 aromatic carbocycles. The molecule has 0 bridgehead atoms. The van der Waals surface area contributed by atoms with Gasteiger partial charge in [-0.05, 0) is 12.1 Å². The summed E-state index contributed by atoms with van der Waals surface area (Å²) < 4.78 is 5.17. The normalized spacial score (nSPS) is 10.4. The third-order valence-corrected chi connectivity index (χ3v) is 1.49. The van der Waals surface area contributed by atoms with Crippen molar-refractivity contribution >= 4 is 11.1 Å². The van der Waals surface area contributed by atoms with Crippen molar-refractivity contribution in [1.82, 2.24) is 9.97 Å². The van der Waals surface area contributed by atoms with E-state index in [1.54, 1.807) is 19.1 Å². The Morgan fingerprint density at radius 2 is 2.33 bits per heavy atom. The molecule has 0 spiro atoms. The molecule has 4 nitrogen and oxygen atoms in total. The zero-order chi connectivity index (χ0) is 8.55. The van der Waals surface area contributed by atoms with Crippen LogP contribution in [-0.4, -0.2) is 9.97 Å². The van der Waals surface area contributed by atoms with Crippen molar-refractivity contribution in [3.05, 3.63) is 34.6 Å². The van der Waals surface area contributed by atoms with E-state index in [1.165, 1.54) is 6.20 Å². The first-order chi connectivity index (χ1) is 5.77. The van der Waals surface area contributed by atoms with E-state index in [1.807, 2.05) is 0 Å². The van der Waals surface area contributed by atoms with E-state index in [0.29, 0.717) is 11.5 Å². The second-order valence-electron chi connectivity index (χ2n) is 2.39. The number of hydrogen-bond donors (Lipinski definition) is 0. The van der Waals surface area contributed by atoms with Gasteiger partial charge in [-0.25, -0.2) is 4.98 Å². The summed E-state index contributed by atoms with van der Waals surface area (Å²) >= 11 is 0. The van der Waals surface area contributed by atoms with Crippen molar-refractivity contribution in [2.75, 3.05) is 0 Å². The van der Waals surface area contributed by atoms with Crippen LogP contribution in [0.2, 0.25) is 0 Å². The van der Waals surface area contributed by atoms with Crippen molar-refractivity contribution in [2.24, 2.45) is 0 Å². The van der Waals surface area contributed by atoms with Crippen LogP contribution in [0.4, 0.5) is 0 Å². The number of aromatic nitrogens is 2. The zero-order valence-electron chi connectivity index (χ0n) is 6.44. The quantitative estimate of drug-likeness (QED) is 0.577. The molecule has 12 heavy (non-hydrogen) atoms. The van der Waals surface area contributed by atoms with E-state index in [9.17, 15) is 4.79 Å². The van der Waals surface area contributed by atoms with E-state index in [0.717, 1.165) is 0 Å². The van der Waals surface area contributed by atoms with Crippen LogP contribution in [-0.2, 0) is 0 Å². The van der Waals surface area contributed by atoms with Gasteiger partial charge in [0.25, 0.3) is 0 Å². The zero-order valence-corrected chi connectivity index (χ0v) is 6.44. The van der Waals surface area contributed by atoms with E-state index in [-0.39, 0.29) is 11.1 Å². The Bertz CT molecular complexity index is 476. The van der Waals surface area contributed by atoms with Gasteiger partial charge in [0.05, 0.1) is 0 Å². The molecule has 0 radical (unpaired) electrons. The maximum Gasteiger partial charge on any atom is 0.302 e. The summed E-state index contributed by atoms with van der Waals surface area (Å²) in [6.07, 6.45) is 1.54. The Hall–Kier alpha value is -1.71. The van der Waals surface area contributed by atoms with Crippen LogP contribution in [0.1, 0.15) is 5.89 Å². The van der Waals surface area contributed by atoms with Gasteiger partial charge in [0.1, 0.15) is 0 Å². The fraction of sp³-hybridized carbons (Fsp3) is 0.125. The number of pyridine rings is 1. The first kappa shape index (κ1) is 6.97. The van der Waals surface area contributed by atoms with Gasteiger partial charge in [-0.1, -0.05) is 0 Å². The second-order valence-corrected chi connectivity index (χ2v) is 2.39. The number of hydrogen-bond acceptors (Lipinski definition) is 4. The molecule has 2 rings (SSSR count). The SMILES string of the molecule is Cc1nc(=O)c2ncccc2o1. The largest absolute Gasteiger partial charge is 0.441 e. The van der Waals surface area contributed by atoms with Gasteiger partial charge in [0.15, 0.2) is 17.0 Å². The van der Waals surface area contributed by atoms with E-state index in [2.05, 4.69) is 9.97 Å².